The summed E-state index contributed by atoms with van der Waals surface area (Å²) >= 11 is 5.97. The molecule has 0 N–H and O–H groups in total. The molecule has 5 rings (SSSR count). The second-order valence-corrected chi connectivity index (χ2v) is 6.90. The minimum absolute atomic E-state index is 0.493. The Morgan fingerprint density at radius 3 is 2.93 bits per heavy atom. The first-order valence-corrected chi connectivity index (χ1v) is 9.28. The summed E-state index contributed by atoms with van der Waals surface area (Å²) in [5.41, 5.74) is 3.78. The molecule has 1 aromatic carbocycles. The first-order valence-electron chi connectivity index (χ1n) is 8.90. The van der Waals surface area contributed by atoms with Crippen LogP contribution in [0.25, 0.3) is 10.9 Å². The molecule has 4 aromatic rings. The van der Waals surface area contributed by atoms with Gasteiger partial charge in [-0.05, 0) is 48.0 Å². The van der Waals surface area contributed by atoms with Gasteiger partial charge in [0.15, 0.2) is 11.6 Å². The van der Waals surface area contributed by atoms with Crippen LogP contribution in [0.5, 0.6) is 0 Å². The third-order valence-corrected chi connectivity index (χ3v) is 4.80. The van der Waals surface area contributed by atoms with Crippen LogP contribution in [0.4, 0.5) is 0 Å². The smallest absolute Gasteiger partial charge is 0.159 e. The second-order valence-electron chi connectivity index (χ2n) is 6.52. The normalized spacial score (nSPS) is 13.2. The van der Waals surface area contributed by atoms with E-state index in [-0.39, 0.29) is 0 Å². The van der Waals surface area contributed by atoms with Crippen molar-refractivity contribution in [3.63, 3.8) is 0 Å². The molecule has 0 fully saturated rings. The van der Waals surface area contributed by atoms with Crippen LogP contribution in [0.15, 0.2) is 72.1 Å². The van der Waals surface area contributed by atoms with Crippen LogP contribution < -0.4 is 0 Å². The van der Waals surface area contributed by atoms with Crippen molar-refractivity contribution in [2.24, 2.45) is 5.10 Å². The van der Waals surface area contributed by atoms with Crippen molar-refractivity contribution in [1.82, 2.24) is 24.8 Å². The van der Waals surface area contributed by atoms with Crippen LogP contribution in [-0.2, 0) is 12.8 Å². The molecule has 6 nitrogen and oxygen atoms in total. The van der Waals surface area contributed by atoms with Gasteiger partial charge in [0, 0.05) is 36.2 Å². The van der Waals surface area contributed by atoms with Gasteiger partial charge in [0.25, 0.3) is 0 Å². The molecule has 3 aromatic heterocycles. The monoisotopic (exact) mass is 386 g/mol. The number of allylic oxidation sites excluding steroid dienone is 2. The van der Waals surface area contributed by atoms with E-state index in [2.05, 4.69) is 32.3 Å². The fourth-order valence-corrected chi connectivity index (χ4v) is 3.38. The molecule has 28 heavy (non-hydrogen) atoms. The van der Waals surface area contributed by atoms with E-state index in [1.807, 2.05) is 41.1 Å². The average Bonchev–Trinajstić information content (AvgIpc) is 2.96. The third kappa shape index (κ3) is 3.18. The zero-order valence-electron chi connectivity index (χ0n) is 14.8. The first-order chi connectivity index (χ1) is 13.8. The molecule has 0 spiro atoms. The summed E-state index contributed by atoms with van der Waals surface area (Å²) < 4.78 is 1.84. The Labute approximate surface area is 166 Å². The summed E-state index contributed by atoms with van der Waals surface area (Å²) in [4.78, 5) is 8.53. The van der Waals surface area contributed by atoms with E-state index in [1.54, 1.807) is 18.5 Å². The maximum absolute atomic E-state index is 5.97. The highest BCUT2D eigenvalue weighted by atomic mass is 35.5. The quantitative estimate of drug-likeness (QED) is 0.502. The molecule has 1 aliphatic rings. The number of rotatable bonds is 3. The lowest BCUT2D eigenvalue weighted by Gasteiger charge is -2.06. The molecular weight excluding hydrogens is 372 g/mol. The molecular formula is C21H15ClN6. The lowest BCUT2D eigenvalue weighted by Crippen LogP contribution is -2.06. The number of hydrogen-bond acceptors (Lipinski definition) is 5. The Balaban J connectivity index is 1.52. The number of pyridine rings is 2. The fraction of sp³-hybridized carbons (Fsp3) is 0.0952. The summed E-state index contributed by atoms with van der Waals surface area (Å²) in [6.45, 7) is 0. The van der Waals surface area contributed by atoms with Gasteiger partial charge in [-0.15, -0.1) is 10.2 Å². The average molecular weight is 387 g/mol. The molecule has 0 bridgehead atoms. The van der Waals surface area contributed by atoms with E-state index < -0.39 is 0 Å². The molecule has 0 saturated heterocycles. The number of aromatic nitrogens is 5. The van der Waals surface area contributed by atoms with Gasteiger partial charge in [0.05, 0.1) is 11.2 Å². The predicted octanol–water partition coefficient (Wildman–Crippen LogP) is 3.83. The van der Waals surface area contributed by atoms with Crippen molar-refractivity contribution in [2.75, 3.05) is 0 Å². The summed E-state index contributed by atoms with van der Waals surface area (Å²) in [5, 5.41) is 15.0. The number of hydrogen-bond donors (Lipinski definition) is 0. The van der Waals surface area contributed by atoms with Crippen LogP contribution in [0.1, 0.15) is 22.8 Å². The van der Waals surface area contributed by atoms with Crippen molar-refractivity contribution in [2.45, 2.75) is 12.8 Å². The van der Waals surface area contributed by atoms with Gasteiger partial charge in [-0.1, -0.05) is 23.7 Å². The molecule has 0 saturated carbocycles. The van der Waals surface area contributed by atoms with E-state index in [9.17, 15) is 0 Å². The number of halogens is 1. The van der Waals surface area contributed by atoms with Gasteiger partial charge >= 0.3 is 0 Å². The Kier molecular flexibility index (Phi) is 4.18. The third-order valence-electron chi connectivity index (χ3n) is 4.59. The van der Waals surface area contributed by atoms with Crippen molar-refractivity contribution < 1.29 is 0 Å². The Morgan fingerprint density at radius 2 is 2.04 bits per heavy atom. The zero-order chi connectivity index (χ0) is 18.9. The van der Waals surface area contributed by atoms with E-state index in [0.29, 0.717) is 18.0 Å². The summed E-state index contributed by atoms with van der Waals surface area (Å²) in [7, 11) is 0. The lowest BCUT2D eigenvalue weighted by molar-refractivity contribution is 0.762. The van der Waals surface area contributed by atoms with Crippen molar-refractivity contribution in [1.29, 1.82) is 0 Å². The van der Waals surface area contributed by atoms with E-state index in [4.69, 9.17) is 16.7 Å². The van der Waals surface area contributed by atoms with Crippen LogP contribution in [0.3, 0.4) is 0 Å². The Bertz CT molecular complexity index is 1230. The van der Waals surface area contributed by atoms with Crippen LogP contribution in [0.2, 0.25) is 5.15 Å². The van der Waals surface area contributed by atoms with E-state index in [1.165, 1.54) is 0 Å². The summed E-state index contributed by atoms with van der Waals surface area (Å²) in [6.07, 6.45) is 8.91. The van der Waals surface area contributed by atoms with E-state index >= 15 is 0 Å². The first kappa shape index (κ1) is 16.8. The van der Waals surface area contributed by atoms with Gasteiger partial charge in [0.1, 0.15) is 5.15 Å². The SMILES string of the molecule is Clc1ccc2cc(Cc3nnc4n3N=C(c3cccnc3)C=CC4)ccc2n1. The standard InChI is InChI=1S/C21H15ClN6/c22-19-9-7-15-11-14(6-8-17(15)24-19)12-21-26-25-20-5-1-4-18(27-28(20)21)16-3-2-10-23-13-16/h1-4,6-11,13H,5,12H2. The van der Waals surface area contributed by atoms with Crippen molar-refractivity contribution in [3.05, 3.63) is 94.9 Å². The number of benzene rings is 1. The summed E-state index contributed by atoms with van der Waals surface area (Å²) in [5.74, 6) is 1.61. The van der Waals surface area contributed by atoms with Gasteiger partial charge in [-0.3, -0.25) is 4.98 Å². The zero-order valence-corrected chi connectivity index (χ0v) is 15.6. The van der Waals surface area contributed by atoms with Gasteiger partial charge in [-0.2, -0.15) is 5.10 Å². The Morgan fingerprint density at radius 1 is 1.07 bits per heavy atom. The predicted molar refractivity (Wildman–Crippen MR) is 109 cm³/mol. The molecule has 136 valence electrons. The number of nitrogens with zero attached hydrogens (tertiary/aromatic N) is 6. The molecule has 0 atom stereocenters. The highest BCUT2D eigenvalue weighted by Gasteiger charge is 2.15. The largest absolute Gasteiger partial charge is 0.264 e. The summed E-state index contributed by atoms with van der Waals surface area (Å²) in [6, 6.07) is 13.8. The number of fused-ring (bicyclic) bond motifs is 2. The van der Waals surface area contributed by atoms with Crippen LogP contribution >= 0.6 is 11.6 Å². The molecule has 0 aliphatic carbocycles. The van der Waals surface area contributed by atoms with Crippen LogP contribution in [0, 0.1) is 0 Å². The lowest BCUT2D eigenvalue weighted by atomic mass is 10.1. The minimum Gasteiger partial charge on any atom is -0.264 e. The highest BCUT2D eigenvalue weighted by Crippen LogP contribution is 2.20. The molecule has 0 amide bonds. The van der Waals surface area contributed by atoms with Gasteiger partial charge in [-0.25, -0.2) is 9.66 Å². The minimum atomic E-state index is 0.493. The molecule has 0 radical (unpaired) electrons. The van der Waals surface area contributed by atoms with Crippen LogP contribution in [-0.4, -0.2) is 30.6 Å². The maximum atomic E-state index is 5.97. The Hall–Kier alpha value is -3.38. The van der Waals surface area contributed by atoms with Crippen molar-refractivity contribution >= 4 is 28.2 Å². The molecule has 7 heteroatoms. The maximum Gasteiger partial charge on any atom is 0.159 e. The van der Waals surface area contributed by atoms with Crippen molar-refractivity contribution in [3.8, 4) is 0 Å². The van der Waals surface area contributed by atoms with Gasteiger partial charge in [0.2, 0.25) is 0 Å². The molecule has 1 aliphatic heterocycles. The molecule has 4 heterocycles. The van der Waals surface area contributed by atoms with Gasteiger partial charge < -0.3 is 0 Å². The van der Waals surface area contributed by atoms with E-state index in [0.717, 1.165) is 39.4 Å². The molecule has 0 unspecified atom stereocenters. The fourth-order valence-electron chi connectivity index (χ4n) is 3.23. The highest BCUT2D eigenvalue weighted by molar-refractivity contribution is 6.29. The topological polar surface area (TPSA) is 68.8 Å². The second kappa shape index (κ2) is 6.98.